The zero-order valence-corrected chi connectivity index (χ0v) is 18.0. The second kappa shape index (κ2) is 11.3. The number of hydrogen-bond acceptors (Lipinski definition) is 4. The van der Waals surface area contributed by atoms with Gasteiger partial charge in [-0.2, -0.15) is 11.8 Å². The van der Waals surface area contributed by atoms with Crippen molar-refractivity contribution in [1.82, 2.24) is 14.7 Å². The zero-order valence-electron chi connectivity index (χ0n) is 14.8. The highest BCUT2D eigenvalue weighted by Gasteiger charge is 2.17. The lowest BCUT2D eigenvalue weighted by molar-refractivity contribution is 0.130. The Bertz CT molecular complexity index is 513. The van der Waals surface area contributed by atoms with E-state index in [1.165, 1.54) is 17.1 Å². The van der Waals surface area contributed by atoms with E-state index in [4.69, 9.17) is 5.73 Å². The fraction of sp³-hybridized carbons (Fsp3) is 0.611. The molecule has 2 N–H and O–H groups in total. The van der Waals surface area contributed by atoms with Gasteiger partial charge >= 0.3 is 0 Å². The third kappa shape index (κ3) is 6.96. The van der Waals surface area contributed by atoms with Gasteiger partial charge in [0.15, 0.2) is 5.96 Å². The molecule has 2 heterocycles. The molecule has 2 fully saturated rings. The van der Waals surface area contributed by atoms with Crippen molar-refractivity contribution in [1.29, 1.82) is 0 Å². The van der Waals surface area contributed by atoms with Gasteiger partial charge < -0.3 is 10.6 Å². The van der Waals surface area contributed by atoms with Gasteiger partial charge in [-0.25, -0.2) is 0 Å². The van der Waals surface area contributed by atoms with Crippen LogP contribution in [0, 0.1) is 0 Å². The monoisotopic (exact) mass is 475 g/mol. The van der Waals surface area contributed by atoms with Gasteiger partial charge in [-0.15, -0.1) is 24.0 Å². The first-order valence-corrected chi connectivity index (χ1v) is 10.1. The molecule has 0 spiro atoms. The largest absolute Gasteiger partial charge is 0.370 e. The number of benzene rings is 1. The Hall–Kier alpha value is -0.510. The molecule has 5 nitrogen and oxygen atoms in total. The molecular weight excluding hydrogens is 445 g/mol. The maximum Gasteiger partial charge on any atom is 0.191 e. The lowest BCUT2D eigenvalue weighted by Gasteiger charge is -2.34. The molecule has 0 amide bonds. The summed E-state index contributed by atoms with van der Waals surface area (Å²) < 4.78 is 0. The van der Waals surface area contributed by atoms with E-state index in [9.17, 15) is 0 Å². The van der Waals surface area contributed by atoms with Gasteiger partial charge in [0.1, 0.15) is 0 Å². The summed E-state index contributed by atoms with van der Waals surface area (Å²) in [6, 6.07) is 10.7. The molecule has 25 heavy (non-hydrogen) atoms. The highest BCUT2D eigenvalue weighted by molar-refractivity contribution is 14.0. The minimum absolute atomic E-state index is 0. The zero-order chi connectivity index (χ0) is 16.6. The van der Waals surface area contributed by atoms with Crippen LogP contribution in [0.4, 0.5) is 0 Å². The molecule has 0 aliphatic carbocycles. The molecule has 0 unspecified atom stereocenters. The van der Waals surface area contributed by atoms with Crippen molar-refractivity contribution in [3.63, 3.8) is 0 Å². The van der Waals surface area contributed by atoms with Gasteiger partial charge in [0.2, 0.25) is 0 Å². The number of aliphatic imine (C=N–C) groups is 1. The van der Waals surface area contributed by atoms with Crippen molar-refractivity contribution >= 4 is 41.7 Å². The van der Waals surface area contributed by atoms with Crippen molar-refractivity contribution in [3.8, 4) is 0 Å². The SMILES string of the molecule is I.NC(=NCCN1CCN(Cc2ccccc2)CC1)N1CCSCC1. The third-order valence-electron chi connectivity index (χ3n) is 4.74. The molecule has 0 radical (unpaired) electrons. The molecule has 3 rings (SSSR count). The van der Waals surface area contributed by atoms with Gasteiger partial charge in [-0.3, -0.25) is 14.8 Å². The predicted octanol–water partition coefficient (Wildman–Crippen LogP) is 1.79. The standard InChI is InChI=1S/C18H29N5S.HI/c19-18(23-12-14-24-15-13-23)20-6-7-21-8-10-22(11-9-21)16-17-4-2-1-3-5-17;/h1-5H,6-16H2,(H2,19,20);1H. The van der Waals surface area contributed by atoms with E-state index in [1.54, 1.807) is 0 Å². The second-order valence-electron chi connectivity index (χ2n) is 6.44. The van der Waals surface area contributed by atoms with Crippen LogP contribution in [-0.2, 0) is 6.54 Å². The highest BCUT2D eigenvalue weighted by Crippen LogP contribution is 2.09. The quantitative estimate of drug-likeness (QED) is 0.400. The molecule has 140 valence electrons. The lowest BCUT2D eigenvalue weighted by Crippen LogP contribution is -2.47. The Morgan fingerprint density at radius 2 is 1.60 bits per heavy atom. The maximum absolute atomic E-state index is 6.11. The summed E-state index contributed by atoms with van der Waals surface area (Å²) in [5.41, 5.74) is 7.52. The van der Waals surface area contributed by atoms with E-state index >= 15 is 0 Å². The van der Waals surface area contributed by atoms with E-state index in [0.717, 1.165) is 64.9 Å². The van der Waals surface area contributed by atoms with Crippen LogP contribution in [0.3, 0.4) is 0 Å². The van der Waals surface area contributed by atoms with Crippen LogP contribution in [0.15, 0.2) is 35.3 Å². The summed E-state index contributed by atoms with van der Waals surface area (Å²) in [6.07, 6.45) is 0. The first-order chi connectivity index (χ1) is 11.8. The van der Waals surface area contributed by atoms with E-state index in [2.05, 4.69) is 50.0 Å². The van der Waals surface area contributed by atoms with Gasteiger partial charge in [-0.1, -0.05) is 30.3 Å². The molecule has 1 aromatic carbocycles. The summed E-state index contributed by atoms with van der Waals surface area (Å²) in [5.74, 6) is 3.07. The van der Waals surface area contributed by atoms with Gasteiger partial charge in [0.05, 0.1) is 6.54 Å². The number of piperazine rings is 1. The van der Waals surface area contributed by atoms with Crippen molar-refractivity contribution < 1.29 is 0 Å². The molecule has 7 heteroatoms. The van der Waals surface area contributed by atoms with Crippen molar-refractivity contribution in [3.05, 3.63) is 35.9 Å². The molecule has 0 bridgehead atoms. The molecular formula is C18H30IN5S. The van der Waals surface area contributed by atoms with Gasteiger partial charge in [0.25, 0.3) is 0 Å². The molecule has 0 atom stereocenters. The molecule has 2 saturated heterocycles. The summed E-state index contributed by atoms with van der Waals surface area (Å²) in [5, 5.41) is 0. The maximum atomic E-state index is 6.11. The summed E-state index contributed by atoms with van der Waals surface area (Å²) in [4.78, 5) is 11.8. The Morgan fingerprint density at radius 1 is 0.960 bits per heavy atom. The van der Waals surface area contributed by atoms with Crippen LogP contribution in [0.25, 0.3) is 0 Å². The molecule has 1 aromatic rings. The highest BCUT2D eigenvalue weighted by atomic mass is 127. The Labute approximate surface area is 173 Å². The summed E-state index contributed by atoms with van der Waals surface area (Å²) in [6.45, 7) is 9.50. The first kappa shape index (κ1) is 20.8. The van der Waals surface area contributed by atoms with Crippen LogP contribution in [0.5, 0.6) is 0 Å². The number of halogens is 1. The van der Waals surface area contributed by atoms with Crippen LogP contribution in [-0.4, -0.2) is 84.5 Å². The number of hydrogen-bond donors (Lipinski definition) is 1. The predicted molar refractivity (Wildman–Crippen MR) is 119 cm³/mol. The summed E-state index contributed by atoms with van der Waals surface area (Å²) in [7, 11) is 0. The third-order valence-corrected chi connectivity index (χ3v) is 5.68. The van der Waals surface area contributed by atoms with E-state index in [0.29, 0.717) is 0 Å². The van der Waals surface area contributed by atoms with Crippen LogP contribution < -0.4 is 5.73 Å². The van der Waals surface area contributed by atoms with E-state index < -0.39 is 0 Å². The molecule has 2 aliphatic rings. The minimum atomic E-state index is 0. The van der Waals surface area contributed by atoms with Crippen LogP contribution in [0.2, 0.25) is 0 Å². The first-order valence-electron chi connectivity index (χ1n) is 8.92. The van der Waals surface area contributed by atoms with Crippen LogP contribution in [0.1, 0.15) is 5.56 Å². The second-order valence-corrected chi connectivity index (χ2v) is 7.67. The van der Waals surface area contributed by atoms with Crippen LogP contribution >= 0.6 is 35.7 Å². The van der Waals surface area contributed by atoms with E-state index in [-0.39, 0.29) is 24.0 Å². The number of nitrogens with zero attached hydrogens (tertiary/aromatic N) is 4. The fourth-order valence-corrected chi connectivity index (χ4v) is 4.11. The van der Waals surface area contributed by atoms with Crippen molar-refractivity contribution in [2.24, 2.45) is 10.7 Å². The number of guanidine groups is 1. The average Bonchev–Trinajstić information content (AvgIpc) is 2.65. The Balaban J connectivity index is 0.00000225. The Kier molecular flexibility index (Phi) is 9.36. The van der Waals surface area contributed by atoms with Gasteiger partial charge in [0, 0.05) is 63.9 Å². The number of nitrogens with two attached hydrogens (primary N) is 1. The normalized spacial score (nSPS) is 20.3. The minimum Gasteiger partial charge on any atom is -0.370 e. The topological polar surface area (TPSA) is 48.1 Å². The Morgan fingerprint density at radius 3 is 2.28 bits per heavy atom. The molecule has 2 aliphatic heterocycles. The van der Waals surface area contributed by atoms with Crippen molar-refractivity contribution in [2.45, 2.75) is 6.54 Å². The van der Waals surface area contributed by atoms with Gasteiger partial charge in [-0.05, 0) is 5.56 Å². The van der Waals surface area contributed by atoms with Crippen molar-refractivity contribution in [2.75, 3.05) is 63.9 Å². The number of rotatable bonds is 5. The lowest BCUT2D eigenvalue weighted by atomic mass is 10.2. The molecule has 0 saturated carbocycles. The van der Waals surface area contributed by atoms with E-state index in [1.807, 2.05) is 11.8 Å². The molecule has 0 aromatic heterocycles. The smallest absolute Gasteiger partial charge is 0.191 e. The summed E-state index contributed by atoms with van der Waals surface area (Å²) >= 11 is 2.00. The average molecular weight is 475 g/mol. The fourth-order valence-electron chi connectivity index (χ4n) is 3.21. The number of thioether (sulfide) groups is 1.